The van der Waals surface area contributed by atoms with E-state index in [-0.39, 0.29) is 16.9 Å². The standard InChI is InChI=1S/C21H20F2N4O2/c1-5-21(3,6-2)26-20(28)15-12-24-27-17(18(22)23)11-16(25-19(15)27)13-7-9-14(29-4)10-8-13/h1,7-12,18H,6H2,2-4H3,(H,26,28)/t21-/m0/s1. The zero-order valence-corrected chi connectivity index (χ0v) is 16.2. The van der Waals surface area contributed by atoms with Crippen LogP contribution in [0.2, 0.25) is 0 Å². The molecule has 0 aliphatic carbocycles. The lowest BCUT2D eigenvalue weighted by atomic mass is 10.00. The third-order valence-electron chi connectivity index (χ3n) is 4.77. The molecule has 0 aliphatic rings. The van der Waals surface area contributed by atoms with Crippen LogP contribution in [0.25, 0.3) is 16.9 Å². The highest BCUT2D eigenvalue weighted by molar-refractivity contribution is 6.00. The van der Waals surface area contributed by atoms with E-state index in [1.807, 2.05) is 6.92 Å². The summed E-state index contributed by atoms with van der Waals surface area (Å²) in [5, 5.41) is 6.68. The molecule has 1 aromatic carbocycles. The minimum atomic E-state index is -2.81. The summed E-state index contributed by atoms with van der Waals surface area (Å²) in [7, 11) is 1.53. The fourth-order valence-electron chi connectivity index (χ4n) is 2.76. The Labute approximate surface area is 166 Å². The molecular formula is C21H20F2N4O2. The Bertz CT molecular complexity index is 1090. The van der Waals surface area contributed by atoms with Gasteiger partial charge in [-0.15, -0.1) is 6.42 Å². The quantitative estimate of drug-likeness (QED) is 0.640. The van der Waals surface area contributed by atoms with E-state index in [2.05, 4.69) is 21.3 Å². The average Bonchev–Trinajstić information content (AvgIpc) is 3.17. The van der Waals surface area contributed by atoms with Crippen LogP contribution in [0.3, 0.4) is 0 Å². The van der Waals surface area contributed by atoms with Crippen molar-refractivity contribution in [2.75, 3.05) is 7.11 Å². The molecular weight excluding hydrogens is 378 g/mol. The van der Waals surface area contributed by atoms with Gasteiger partial charge in [0.05, 0.1) is 24.5 Å². The van der Waals surface area contributed by atoms with Gasteiger partial charge in [-0.3, -0.25) is 4.79 Å². The molecule has 2 heterocycles. The first-order chi connectivity index (χ1) is 13.8. The maximum atomic E-state index is 13.7. The molecule has 0 spiro atoms. The van der Waals surface area contributed by atoms with E-state index >= 15 is 0 Å². The molecule has 1 amide bonds. The van der Waals surface area contributed by atoms with Crippen molar-refractivity contribution in [3.63, 3.8) is 0 Å². The minimum absolute atomic E-state index is 0.0293. The number of amides is 1. The fraction of sp³-hybridized carbons (Fsp3) is 0.286. The van der Waals surface area contributed by atoms with Crippen molar-refractivity contribution in [2.24, 2.45) is 0 Å². The van der Waals surface area contributed by atoms with Gasteiger partial charge in [0.2, 0.25) is 0 Å². The van der Waals surface area contributed by atoms with E-state index in [1.165, 1.54) is 19.4 Å². The molecule has 0 unspecified atom stereocenters. The van der Waals surface area contributed by atoms with Crippen LogP contribution in [-0.2, 0) is 0 Å². The third kappa shape index (κ3) is 3.90. The molecule has 0 aliphatic heterocycles. The van der Waals surface area contributed by atoms with Gasteiger partial charge < -0.3 is 10.1 Å². The Kier molecular flexibility index (Phi) is 5.50. The van der Waals surface area contributed by atoms with E-state index in [4.69, 9.17) is 11.2 Å². The van der Waals surface area contributed by atoms with E-state index in [9.17, 15) is 13.6 Å². The van der Waals surface area contributed by atoms with Crippen LogP contribution in [-0.4, -0.2) is 33.2 Å². The number of hydrogen-bond donors (Lipinski definition) is 1. The number of benzene rings is 1. The number of fused-ring (bicyclic) bond motifs is 1. The fourth-order valence-corrected chi connectivity index (χ4v) is 2.76. The van der Waals surface area contributed by atoms with Crippen molar-refractivity contribution in [3.05, 3.63) is 47.8 Å². The molecule has 0 fully saturated rings. The first kappa shape index (κ1) is 20.3. The monoisotopic (exact) mass is 398 g/mol. The number of methoxy groups -OCH3 is 1. The number of carbonyl (C=O) groups is 1. The largest absolute Gasteiger partial charge is 0.497 e. The first-order valence-electron chi connectivity index (χ1n) is 8.93. The van der Waals surface area contributed by atoms with Crippen LogP contribution in [0.1, 0.15) is 42.7 Å². The minimum Gasteiger partial charge on any atom is -0.497 e. The molecule has 0 saturated carbocycles. The van der Waals surface area contributed by atoms with E-state index in [0.29, 0.717) is 23.4 Å². The van der Waals surface area contributed by atoms with Gasteiger partial charge in [-0.25, -0.2) is 18.3 Å². The second-order valence-electron chi connectivity index (χ2n) is 6.67. The van der Waals surface area contributed by atoms with Crippen molar-refractivity contribution in [2.45, 2.75) is 32.2 Å². The average molecular weight is 398 g/mol. The highest BCUT2D eigenvalue weighted by Gasteiger charge is 2.26. The van der Waals surface area contributed by atoms with Crippen LogP contribution in [0.4, 0.5) is 8.78 Å². The third-order valence-corrected chi connectivity index (χ3v) is 4.77. The number of aromatic nitrogens is 3. The number of halogens is 2. The van der Waals surface area contributed by atoms with E-state index < -0.39 is 17.9 Å². The molecule has 150 valence electrons. The van der Waals surface area contributed by atoms with Crippen LogP contribution in [0, 0.1) is 12.3 Å². The number of terminal acetylenes is 1. The van der Waals surface area contributed by atoms with E-state index in [1.54, 1.807) is 31.2 Å². The lowest BCUT2D eigenvalue weighted by molar-refractivity contribution is 0.0925. The summed E-state index contributed by atoms with van der Waals surface area (Å²) in [5.41, 5.74) is -0.247. The number of nitrogens with one attached hydrogen (secondary N) is 1. The van der Waals surface area contributed by atoms with Crippen molar-refractivity contribution >= 4 is 11.6 Å². The SMILES string of the molecule is C#C[C@@](C)(CC)NC(=O)c1cnn2c(C(F)F)cc(-c3ccc(OC)cc3)nc12. The second-order valence-corrected chi connectivity index (χ2v) is 6.67. The van der Waals surface area contributed by atoms with Gasteiger partial charge in [0.15, 0.2) is 5.65 Å². The Balaban J connectivity index is 2.13. The van der Waals surface area contributed by atoms with Gasteiger partial charge >= 0.3 is 0 Å². The lowest BCUT2D eigenvalue weighted by Gasteiger charge is -2.22. The normalized spacial score (nSPS) is 13.1. The van der Waals surface area contributed by atoms with Crippen molar-refractivity contribution in [1.29, 1.82) is 0 Å². The Morgan fingerprint density at radius 3 is 2.62 bits per heavy atom. The number of rotatable bonds is 6. The van der Waals surface area contributed by atoms with Crippen LogP contribution in [0.15, 0.2) is 36.5 Å². The molecule has 6 nitrogen and oxygen atoms in total. The lowest BCUT2D eigenvalue weighted by Crippen LogP contribution is -2.44. The summed E-state index contributed by atoms with van der Waals surface area (Å²) in [6.45, 7) is 3.54. The number of nitrogens with zero attached hydrogens (tertiary/aromatic N) is 3. The zero-order chi connectivity index (χ0) is 21.2. The summed E-state index contributed by atoms with van der Waals surface area (Å²) in [6.07, 6.45) is 4.42. The molecule has 2 aromatic heterocycles. The highest BCUT2D eigenvalue weighted by Crippen LogP contribution is 2.28. The number of hydrogen-bond acceptors (Lipinski definition) is 4. The maximum Gasteiger partial charge on any atom is 0.280 e. The van der Waals surface area contributed by atoms with Crippen LogP contribution in [0.5, 0.6) is 5.75 Å². The molecule has 1 atom stereocenters. The van der Waals surface area contributed by atoms with Gasteiger partial charge in [-0.2, -0.15) is 5.10 Å². The molecule has 1 N–H and O–H groups in total. The number of ether oxygens (including phenoxy) is 1. The topological polar surface area (TPSA) is 68.5 Å². The molecule has 29 heavy (non-hydrogen) atoms. The van der Waals surface area contributed by atoms with Crippen molar-refractivity contribution in [1.82, 2.24) is 19.9 Å². The van der Waals surface area contributed by atoms with Crippen LogP contribution >= 0.6 is 0 Å². The summed E-state index contributed by atoms with van der Waals surface area (Å²) >= 11 is 0. The maximum absolute atomic E-state index is 13.7. The summed E-state index contributed by atoms with van der Waals surface area (Å²) in [4.78, 5) is 17.2. The van der Waals surface area contributed by atoms with Crippen LogP contribution < -0.4 is 10.1 Å². The summed E-state index contributed by atoms with van der Waals surface area (Å²) in [5.74, 6) is 2.64. The van der Waals surface area contributed by atoms with Gasteiger partial charge in [-0.05, 0) is 43.7 Å². The predicted octanol–water partition coefficient (Wildman–Crippen LogP) is 3.87. The predicted molar refractivity (Wildman–Crippen MR) is 105 cm³/mol. The molecule has 8 heteroatoms. The van der Waals surface area contributed by atoms with Crippen molar-refractivity contribution in [3.8, 4) is 29.4 Å². The van der Waals surface area contributed by atoms with Gasteiger partial charge in [0.1, 0.15) is 17.0 Å². The smallest absolute Gasteiger partial charge is 0.280 e. The molecule has 3 rings (SSSR count). The van der Waals surface area contributed by atoms with Crippen molar-refractivity contribution < 1.29 is 18.3 Å². The summed E-state index contributed by atoms with van der Waals surface area (Å²) < 4.78 is 33.4. The molecule has 3 aromatic rings. The molecule has 0 radical (unpaired) electrons. The van der Waals surface area contributed by atoms with Gasteiger partial charge in [0, 0.05) is 5.56 Å². The molecule has 0 saturated heterocycles. The Morgan fingerprint density at radius 2 is 2.07 bits per heavy atom. The van der Waals surface area contributed by atoms with Gasteiger partial charge in [-0.1, -0.05) is 12.8 Å². The number of carbonyl (C=O) groups excluding carboxylic acids is 1. The van der Waals surface area contributed by atoms with E-state index in [0.717, 1.165) is 4.52 Å². The Hall–Kier alpha value is -3.47. The number of alkyl halides is 2. The second kappa shape index (κ2) is 7.87. The first-order valence-corrected chi connectivity index (χ1v) is 8.93. The molecule has 0 bridgehead atoms. The zero-order valence-electron chi connectivity index (χ0n) is 16.2. The van der Waals surface area contributed by atoms with Gasteiger partial charge in [0.25, 0.3) is 12.3 Å². The summed E-state index contributed by atoms with van der Waals surface area (Å²) in [6, 6.07) is 8.07. The Morgan fingerprint density at radius 1 is 1.38 bits per heavy atom. The highest BCUT2D eigenvalue weighted by atomic mass is 19.3.